The minimum absolute atomic E-state index is 0.0427. The maximum Gasteiger partial charge on any atom is 0.322 e. The summed E-state index contributed by atoms with van der Waals surface area (Å²) in [5.74, 6) is 1.06. The van der Waals surface area contributed by atoms with Crippen LogP contribution in [0.3, 0.4) is 0 Å². The van der Waals surface area contributed by atoms with E-state index in [1.54, 1.807) is 0 Å². The smallest absolute Gasteiger partial charge is 0.322 e. The molecular weight excluding hydrogens is 237 g/mol. The number of nitrogens with zero attached hydrogens (tertiary/aromatic N) is 3. The van der Waals surface area contributed by atoms with Gasteiger partial charge in [-0.2, -0.15) is 15.0 Å². The Bertz CT molecular complexity index is 365. The highest BCUT2D eigenvalue weighted by Crippen LogP contribution is 2.39. The molecule has 1 aliphatic carbocycles. The van der Waals surface area contributed by atoms with Crippen LogP contribution in [0.15, 0.2) is 12.7 Å². The molecule has 0 aromatic carbocycles. The second kappa shape index (κ2) is 4.33. The Morgan fingerprint density at radius 1 is 1.33 bits per heavy atom. The first kappa shape index (κ1) is 10.6. The third-order valence-electron chi connectivity index (χ3n) is 2.27. The van der Waals surface area contributed by atoms with Crippen LogP contribution in [-0.2, 0) is 0 Å². The van der Waals surface area contributed by atoms with E-state index in [1.165, 1.54) is 0 Å². The van der Waals surface area contributed by atoms with Crippen molar-refractivity contribution in [1.29, 1.82) is 0 Å². The van der Waals surface area contributed by atoms with Crippen molar-refractivity contribution in [2.24, 2.45) is 11.8 Å². The van der Waals surface area contributed by atoms with Crippen LogP contribution in [0, 0.1) is 11.8 Å². The standard InChI is InChI=1S/C9H9Cl2N3O/c1-2-5-3-6(5)4-15-9-13-7(10)12-8(11)14-9/h2,5-6H,1,3-4H2/t5-,6-/m1/s1. The molecule has 0 N–H and O–H groups in total. The fourth-order valence-electron chi connectivity index (χ4n) is 1.31. The molecule has 0 spiro atoms. The Balaban J connectivity index is 1.91. The first-order valence-electron chi connectivity index (χ1n) is 4.51. The van der Waals surface area contributed by atoms with E-state index in [2.05, 4.69) is 21.5 Å². The van der Waals surface area contributed by atoms with E-state index in [-0.39, 0.29) is 16.6 Å². The lowest BCUT2D eigenvalue weighted by Gasteiger charge is -2.02. The third kappa shape index (κ3) is 2.79. The van der Waals surface area contributed by atoms with Crippen LogP contribution < -0.4 is 4.74 Å². The van der Waals surface area contributed by atoms with Gasteiger partial charge in [0.25, 0.3) is 0 Å². The van der Waals surface area contributed by atoms with E-state index in [0.29, 0.717) is 18.4 Å². The van der Waals surface area contributed by atoms with Crippen LogP contribution in [0.5, 0.6) is 6.01 Å². The molecule has 2 atom stereocenters. The van der Waals surface area contributed by atoms with Crippen LogP contribution >= 0.6 is 23.2 Å². The molecule has 6 heteroatoms. The van der Waals surface area contributed by atoms with Gasteiger partial charge in [-0.3, -0.25) is 0 Å². The van der Waals surface area contributed by atoms with Crippen molar-refractivity contribution in [3.05, 3.63) is 23.2 Å². The molecule has 0 amide bonds. The van der Waals surface area contributed by atoms with Gasteiger partial charge in [0.2, 0.25) is 10.6 Å². The molecule has 1 aromatic rings. The Labute approximate surface area is 97.3 Å². The van der Waals surface area contributed by atoms with E-state index in [1.807, 2.05) is 6.08 Å². The molecule has 0 aliphatic heterocycles. The Morgan fingerprint density at radius 3 is 2.53 bits per heavy atom. The zero-order chi connectivity index (χ0) is 10.8. The van der Waals surface area contributed by atoms with Crippen molar-refractivity contribution < 1.29 is 4.74 Å². The second-order valence-corrected chi connectivity index (χ2v) is 4.04. The van der Waals surface area contributed by atoms with E-state index in [9.17, 15) is 0 Å². The van der Waals surface area contributed by atoms with Gasteiger partial charge in [0.1, 0.15) is 0 Å². The number of allylic oxidation sites excluding steroid dienone is 1. The van der Waals surface area contributed by atoms with Gasteiger partial charge in [-0.1, -0.05) is 6.08 Å². The van der Waals surface area contributed by atoms with Gasteiger partial charge in [-0.15, -0.1) is 6.58 Å². The number of hydrogen-bond acceptors (Lipinski definition) is 4. The normalized spacial score (nSPS) is 23.6. The second-order valence-electron chi connectivity index (χ2n) is 3.36. The lowest BCUT2D eigenvalue weighted by molar-refractivity contribution is 0.271. The number of aromatic nitrogens is 3. The van der Waals surface area contributed by atoms with Crippen LogP contribution in [0.25, 0.3) is 0 Å². The maximum absolute atomic E-state index is 5.59. The van der Waals surface area contributed by atoms with Gasteiger partial charge < -0.3 is 4.74 Å². The lowest BCUT2D eigenvalue weighted by Crippen LogP contribution is -2.04. The zero-order valence-corrected chi connectivity index (χ0v) is 9.37. The number of hydrogen-bond donors (Lipinski definition) is 0. The predicted octanol–water partition coefficient (Wildman–Crippen LogP) is 2.38. The first-order chi connectivity index (χ1) is 7.19. The Morgan fingerprint density at radius 2 is 2.00 bits per heavy atom. The highest BCUT2D eigenvalue weighted by molar-refractivity contribution is 6.31. The summed E-state index contributed by atoms with van der Waals surface area (Å²) >= 11 is 11.2. The highest BCUT2D eigenvalue weighted by atomic mass is 35.5. The van der Waals surface area contributed by atoms with Crippen molar-refractivity contribution in [2.75, 3.05) is 6.61 Å². The molecule has 0 saturated heterocycles. The Hall–Kier alpha value is -0.870. The van der Waals surface area contributed by atoms with Crippen LogP contribution in [0.1, 0.15) is 6.42 Å². The third-order valence-corrected chi connectivity index (χ3v) is 2.60. The summed E-state index contributed by atoms with van der Waals surface area (Å²) in [4.78, 5) is 11.2. The summed E-state index contributed by atoms with van der Waals surface area (Å²) in [6.45, 7) is 4.28. The minimum atomic E-state index is 0.0427. The summed E-state index contributed by atoms with van der Waals surface area (Å²) in [7, 11) is 0. The zero-order valence-electron chi connectivity index (χ0n) is 7.86. The van der Waals surface area contributed by atoms with E-state index >= 15 is 0 Å². The summed E-state index contributed by atoms with van der Waals surface area (Å²) in [5, 5.41) is 0.0853. The van der Waals surface area contributed by atoms with Crippen molar-refractivity contribution in [3.63, 3.8) is 0 Å². The largest absolute Gasteiger partial charge is 0.463 e. The monoisotopic (exact) mass is 245 g/mol. The quantitative estimate of drug-likeness (QED) is 0.765. The fraction of sp³-hybridized carbons (Fsp3) is 0.444. The van der Waals surface area contributed by atoms with Gasteiger partial charge in [0.15, 0.2) is 0 Å². The molecule has 4 nitrogen and oxygen atoms in total. The summed E-state index contributed by atoms with van der Waals surface area (Å²) in [5.41, 5.74) is 0. The van der Waals surface area contributed by atoms with Gasteiger partial charge in [0.05, 0.1) is 6.61 Å². The summed E-state index contributed by atoms with van der Waals surface area (Å²) in [6.07, 6.45) is 3.04. The molecule has 0 unspecified atom stereocenters. The van der Waals surface area contributed by atoms with Crippen molar-refractivity contribution in [2.45, 2.75) is 6.42 Å². The molecular formula is C9H9Cl2N3O. The molecule has 15 heavy (non-hydrogen) atoms. The maximum atomic E-state index is 5.59. The molecule has 0 radical (unpaired) electrons. The molecule has 1 saturated carbocycles. The van der Waals surface area contributed by atoms with Gasteiger partial charge in [-0.05, 0) is 41.5 Å². The minimum Gasteiger partial charge on any atom is -0.463 e. The number of halogens is 2. The molecule has 80 valence electrons. The predicted molar refractivity (Wildman–Crippen MR) is 57.1 cm³/mol. The SMILES string of the molecule is C=C[C@@H]1C[C@@H]1COc1nc(Cl)nc(Cl)n1. The van der Waals surface area contributed by atoms with Crippen LogP contribution in [0.4, 0.5) is 0 Å². The van der Waals surface area contributed by atoms with Gasteiger partial charge in [-0.25, -0.2) is 0 Å². The van der Waals surface area contributed by atoms with Crippen LogP contribution in [0.2, 0.25) is 10.6 Å². The molecule has 1 aromatic heterocycles. The average Bonchev–Trinajstić information content (AvgIpc) is 2.91. The van der Waals surface area contributed by atoms with E-state index < -0.39 is 0 Å². The van der Waals surface area contributed by atoms with Crippen LogP contribution in [-0.4, -0.2) is 21.6 Å². The number of rotatable bonds is 4. The summed E-state index contributed by atoms with van der Waals surface area (Å²) in [6, 6.07) is 0.176. The lowest BCUT2D eigenvalue weighted by atomic mass is 10.3. The first-order valence-corrected chi connectivity index (χ1v) is 5.27. The molecule has 1 fully saturated rings. The topological polar surface area (TPSA) is 47.9 Å². The summed E-state index contributed by atoms with van der Waals surface area (Å²) < 4.78 is 5.34. The number of ether oxygens (including phenoxy) is 1. The Kier molecular flexibility index (Phi) is 3.07. The molecule has 1 heterocycles. The highest BCUT2D eigenvalue weighted by Gasteiger charge is 2.35. The average molecular weight is 246 g/mol. The van der Waals surface area contributed by atoms with E-state index in [0.717, 1.165) is 6.42 Å². The van der Waals surface area contributed by atoms with Gasteiger partial charge in [0, 0.05) is 0 Å². The van der Waals surface area contributed by atoms with Crippen molar-refractivity contribution >= 4 is 23.2 Å². The fourth-order valence-corrected chi connectivity index (χ4v) is 1.65. The van der Waals surface area contributed by atoms with E-state index in [4.69, 9.17) is 27.9 Å². The molecule has 1 aliphatic rings. The molecule has 2 rings (SSSR count). The molecule has 0 bridgehead atoms. The van der Waals surface area contributed by atoms with Crippen molar-refractivity contribution in [1.82, 2.24) is 15.0 Å². The van der Waals surface area contributed by atoms with Crippen molar-refractivity contribution in [3.8, 4) is 6.01 Å². The van der Waals surface area contributed by atoms with Gasteiger partial charge >= 0.3 is 6.01 Å².